The van der Waals surface area contributed by atoms with Crippen molar-refractivity contribution in [3.05, 3.63) is 29.8 Å². The van der Waals surface area contributed by atoms with Gasteiger partial charge in [0.05, 0.1) is 11.7 Å². The van der Waals surface area contributed by atoms with Crippen LogP contribution in [0.25, 0.3) is 0 Å². The Bertz CT molecular complexity index is 319. The van der Waals surface area contributed by atoms with Gasteiger partial charge in [-0.25, -0.2) is 0 Å². The molecule has 0 aliphatic rings. The highest BCUT2D eigenvalue weighted by Crippen LogP contribution is 2.18. The normalized spacial score (nSPS) is 16.6. The topological polar surface area (TPSA) is 55.5 Å². The maximum atomic E-state index is 9.81. The molecule has 0 bridgehead atoms. The van der Waals surface area contributed by atoms with E-state index in [-0.39, 0.29) is 12.6 Å². The first-order valence-electron chi connectivity index (χ1n) is 5.59. The molecular weight excluding hydrogens is 202 g/mol. The zero-order chi connectivity index (χ0) is 12.2. The summed E-state index contributed by atoms with van der Waals surface area (Å²) in [4.78, 5) is 0. The SMILES string of the molecule is Cc1ccc(OC(C)CC(C)(O)CN)cc1. The molecule has 2 unspecified atom stereocenters. The summed E-state index contributed by atoms with van der Waals surface area (Å²) in [6.45, 7) is 5.94. The number of hydrogen-bond acceptors (Lipinski definition) is 3. The van der Waals surface area contributed by atoms with Crippen LogP contribution in [0.2, 0.25) is 0 Å². The second-order valence-corrected chi connectivity index (χ2v) is 4.65. The maximum absolute atomic E-state index is 9.81. The first-order chi connectivity index (χ1) is 7.43. The number of ether oxygens (including phenoxy) is 1. The highest BCUT2D eigenvalue weighted by Gasteiger charge is 2.22. The van der Waals surface area contributed by atoms with E-state index >= 15 is 0 Å². The van der Waals surface area contributed by atoms with Crippen LogP contribution in [0.5, 0.6) is 5.75 Å². The largest absolute Gasteiger partial charge is 0.491 e. The van der Waals surface area contributed by atoms with Crippen LogP contribution in [-0.4, -0.2) is 23.4 Å². The van der Waals surface area contributed by atoms with Crippen LogP contribution >= 0.6 is 0 Å². The van der Waals surface area contributed by atoms with Crippen LogP contribution < -0.4 is 10.5 Å². The van der Waals surface area contributed by atoms with Gasteiger partial charge in [-0.2, -0.15) is 0 Å². The fourth-order valence-corrected chi connectivity index (χ4v) is 1.59. The molecule has 1 aromatic rings. The van der Waals surface area contributed by atoms with Gasteiger partial charge in [0, 0.05) is 13.0 Å². The van der Waals surface area contributed by atoms with Crippen molar-refractivity contribution in [1.82, 2.24) is 0 Å². The molecule has 0 aliphatic carbocycles. The maximum Gasteiger partial charge on any atom is 0.119 e. The van der Waals surface area contributed by atoms with Gasteiger partial charge in [-0.15, -0.1) is 0 Å². The fraction of sp³-hybridized carbons (Fsp3) is 0.538. The molecular formula is C13H21NO2. The average Bonchev–Trinajstić information content (AvgIpc) is 2.21. The first-order valence-corrected chi connectivity index (χ1v) is 5.59. The predicted molar refractivity (Wildman–Crippen MR) is 65.6 cm³/mol. The molecule has 0 spiro atoms. The Balaban J connectivity index is 2.51. The van der Waals surface area contributed by atoms with Gasteiger partial charge in [-0.3, -0.25) is 0 Å². The Morgan fingerprint density at radius 1 is 1.38 bits per heavy atom. The molecule has 90 valence electrons. The predicted octanol–water partition coefficient (Wildman–Crippen LogP) is 1.86. The molecule has 0 aromatic heterocycles. The summed E-state index contributed by atoms with van der Waals surface area (Å²) in [5.74, 6) is 0.825. The van der Waals surface area contributed by atoms with Crippen molar-refractivity contribution < 1.29 is 9.84 Å². The van der Waals surface area contributed by atoms with Gasteiger partial charge < -0.3 is 15.6 Å². The van der Waals surface area contributed by atoms with Gasteiger partial charge in [0.15, 0.2) is 0 Å². The summed E-state index contributed by atoms with van der Waals surface area (Å²) >= 11 is 0. The van der Waals surface area contributed by atoms with Crippen LogP contribution in [0.15, 0.2) is 24.3 Å². The smallest absolute Gasteiger partial charge is 0.119 e. The summed E-state index contributed by atoms with van der Waals surface area (Å²) in [6, 6.07) is 7.87. The van der Waals surface area contributed by atoms with Gasteiger partial charge in [0.2, 0.25) is 0 Å². The molecule has 3 nitrogen and oxygen atoms in total. The van der Waals surface area contributed by atoms with E-state index in [9.17, 15) is 5.11 Å². The zero-order valence-electron chi connectivity index (χ0n) is 10.2. The van der Waals surface area contributed by atoms with Crippen molar-refractivity contribution >= 4 is 0 Å². The van der Waals surface area contributed by atoms with Gasteiger partial charge in [0.1, 0.15) is 5.75 Å². The van der Waals surface area contributed by atoms with E-state index < -0.39 is 5.60 Å². The minimum absolute atomic E-state index is 0.0544. The third-order valence-corrected chi connectivity index (χ3v) is 2.53. The minimum Gasteiger partial charge on any atom is -0.491 e. The molecule has 0 saturated carbocycles. The van der Waals surface area contributed by atoms with E-state index in [4.69, 9.17) is 10.5 Å². The molecule has 3 N–H and O–H groups in total. The molecule has 1 rings (SSSR count). The number of benzene rings is 1. The molecule has 0 saturated heterocycles. The third-order valence-electron chi connectivity index (χ3n) is 2.53. The second-order valence-electron chi connectivity index (χ2n) is 4.65. The molecule has 0 amide bonds. The molecule has 1 aromatic carbocycles. The number of hydrogen-bond donors (Lipinski definition) is 2. The highest BCUT2D eigenvalue weighted by atomic mass is 16.5. The van der Waals surface area contributed by atoms with Crippen LogP contribution in [0.4, 0.5) is 0 Å². The van der Waals surface area contributed by atoms with E-state index in [1.165, 1.54) is 5.56 Å². The Labute approximate surface area is 97.2 Å². The number of aliphatic hydroxyl groups is 1. The van der Waals surface area contributed by atoms with Crippen molar-refractivity contribution in [3.63, 3.8) is 0 Å². The summed E-state index contributed by atoms with van der Waals surface area (Å²) in [7, 11) is 0. The Morgan fingerprint density at radius 3 is 2.44 bits per heavy atom. The molecule has 2 atom stereocenters. The Kier molecular flexibility index (Phi) is 4.33. The van der Waals surface area contributed by atoms with Crippen molar-refractivity contribution in [3.8, 4) is 5.75 Å². The van der Waals surface area contributed by atoms with Crippen molar-refractivity contribution in [1.29, 1.82) is 0 Å². The molecule has 0 aliphatic heterocycles. The third kappa shape index (κ3) is 4.21. The lowest BCUT2D eigenvalue weighted by molar-refractivity contribution is 0.0237. The lowest BCUT2D eigenvalue weighted by atomic mass is 9.99. The lowest BCUT2D eigenvalue weighted by Crippen LogP contribution is -2.38. The molecule has 0 fully saturated rings. The highest BCUT2D eigenvalue weighted by molar-refractivity contribution is 5.26. The average molecular weight is 223 g/mol. The fourth-order valence-electron chi connectivity index (χ4n) is 1.59. The van der Waals surface area contributed by atoms with Gasteiger partial charge in [-0.1, -0.05) is 17.7 Å². The molecule has 16 heavy (non-hydrogen) atoms. The summed E-state index contributed by atoms with van der Waals surface area (Å²) < 4.78 is 5.69. The summed E-state index contributed by atoms with van der Waals surface area (Å²) in [5, 5.41) is 9.81. The summed E-state index contributed by atoms with van der Waals surface area (Å²) in [5.41, 5.74) is 5.81. The van der Waals surface area contributed by atoms with E-state index in [1.807, 2.05) is 38.1 Å². The lowest BCUT2D eigenvalue weighted by Gasteiger charge is -2.25. The number of nitrogens with two attached hydrogens (primary N) is 1. The van der Waals surface area contributed by atoms with Gasteiger partial charge in [0.25, 0.3) is 0 Å². The van der Waals surface area contributed by atoms with Crippen LogP contribution in [0.3, 0.4) is 0 Å². The van der Waals surface area contributed by atoms with E-state index in [0.717, 1.165) is 5.75 Å². The summed E-state index contributed by atoms with van der Waals surface area (Å²) in [6.07, 6.45) is 0.471. The first kappa shape index (κ1) is 13.0. The van der Waals surface area contributed by atoms with Crippen LogP contribution in [-0.2, 0) is 0 Å². The van der Waals surface area contributed by atoms with Crippen LogP contribution in [0, 0.1) is 6.92 Å². The van der Waals surface area contributed by atoms with Gasteiger partial charge >= 0.3 is 0 Å². The number of rotatable bonds is 5. The van der Waals surface area contributed by atoms with Crippen molar-refractivity contribution in [2.45, 2.75) is 38.9 Å². The molecule has 0 radical (unpaired) electrons. The zero-order valence-corrected chi connectivity index (χ0v) is 10.2. The monoisotopic (exact) mass is 223 g/mol. The van der Waals surface area contributed by atoms with E-state index in [2.05, 4.69) is 0 Å². The Morgan fingerprint density at radius 2 is 1.94 bits per heavy atom. The minimum atomic E-state index is -0.857. The number of aryl methyl sites for hydroxylation is 1. The van der Waals surface area contributed by atoms with Crippen molar-refractivity contribution in [2.75, 3.05) is 6.54 Å². The Hall–Kier alpha value is -1.06. The van der Waals surface area contributed by atoms with Crippen LogP contribution in [0.1, 0.15) is 25.8 Å². The second kappa shape index (κ2) is 5.32. The quantitative estimate of drug-likeness (QED) is 0.801. The van der Waals surface area contributed by atoms with Gasteiger partial charge in [-0.05, 0) is 32.9 Å². The standard InChI is InChI=1S/C13H21NO2/c1-10-4-6-12(7-5-10)16-11(2)8-13(3,15)9-14/h4-7,11,15H,8-9,14H2,1-3H3. The molecule has 3 heteroatoms. The van der Waals surface area contributed by atoms with E-state index in [0.29, 0.717) is 6.42 Å². The van der Waals surface area contributed by atoms with Crippen molar-refractivity contribution in [2.24, 2.45) is 5.73 Å². The molecule has 0 heterocycles. The van der Waals surface area contributed by atoms with E-state index in [1.54, 1.807) is 6.92 Å².